The molecule has 2 bridgehead atoms. The van der Waals surface area contributed by atoms with Crippen molar-refractivity contribution in [3.8, 4) is 0 Å². The highest BCUT2D eigenvalue weighted by Crippen LogP contribution is 2.57. The van der Waals surface area contributed by atoms with E-state index >= 15 is 0 Å². The summed E-state index contributed by atoms with van der Waals surface area (Å²) in [7, 11) is 0. The molecule has 1 nitrogen and oxygen atoms in total. The molecule has 2 aliphatic rings. The van der Waals surface area contributed by atoms with Gasteiger partial charge in [-0.05, 0) is 62.7 Å². The predicted molar refractivity (Wildman–Crippen MR) is 68.7 cm³/mol. The highest BCUT2D eigenvalue weighted by molar-refractivity contribution is 5.00. The van der Waals surface area contributed by atoms with Gasteiger partial charge >= 0.3 is 6.18 Å². The molecule has 2 saturated carbocycles. The summed E-state index contributed by atoms with van der Waals surface area (Å²) in [6.45, 7) is 7.42. The van der Waals surface area contributed by atoms with Crippen LogP contribution in [0.15, 0.2) is 0 Å². The van der Waals surface area contributed by atoms with Gasteiger partial charge in [0.25, 0.3) is 0 Å². The van der Waals surface area contributed by atoms with Crippen molar-refractivity contribution in [1.29, 1.82) is 0 Å². The van der Waals surface area contributed by atoms with Gasteiger partial charge in [0.1, 0.15) is 0 Å². The first kappa shape index (κ1) is 15.1. The molecule has 0 spiro atoms. The van der Waals surface area contributed by atoms with E-state index in [0.29, 0.717) is 23.7 Å². The van der Waals surface area contributed by atoms with Crippen molar-refractivity contribution >= 4 is 0 Å². The Balaban J connectivity index is 2.08. The number of fused-ring (bicyclic) bond motifs is 2. The van der Waals surface area contributed by atoms with E-state index < -0.39 is 11.8 Å². The van der Waals surface area contributed by atoms with Gasteiger partial charge in [-0.2, -0.15) is 13.2 Å². The summed E-state index contributed by atoms with van der Waals surface area (Å²) in [4.78, 5) is 0. The van der Waals surface area contributed by atoms with Crippen LogP contribution >= 0.6 is 0 Å². The van der Waals surface area contributed by atoms with Gasteiger partial charge in [0, 0.05) is 6.61 Å². The second kappa shape index (κ2) is 4.94. The Labute approximate surface area is 113 Å². The lowest BCUT2D eigenvalue weighted by atomic mass is 9.72. The maximum absolute atomic E-state index is 13.2. The van der Waals surface area contributed by atoms with Crippen LogP contribution in [0.5, 0.6) is 0 Å². The lowest BCUT2D eigenvalue weighted by Crippen LogP contribution is -2.47. The molecule has 0 aromatic carbocycles. The first-order chi connectivity index (χ1) is 8.69. The summed E-state index contributed by atoms with van der Waals surface area (Å²) in [5, 5.41) is 0. The lowest BCUT2D eigenvalue weighted by molar-refractivity contribution is -0.277. The average Bonchev–Trinajstić information content (AvgIpc) is 2.79. The summed E-state index contributed by atoms with van der Waals surface area (Å²) in [6, 6.07) is 0. The molecular weight excluding hydrogens is 253 g/mol. The van der Waals surface area contributed by atoms with Crippen LogP contribution < -0.4 is 0 Å². The molecule has 0 N–H and O–H groups in total. The zero-order valence-corrected chi connectivity index (χ0v) is 12.3. The lowest BCUT2D eigenvalue weighted by Gasteiger charge is -2.39. The van der Waals surface area contributed by atoms with E-state index in [1.807, 2.05) is 0 Å². The molecule has 2 rings (SSSR count). The number of hydrogen-bond donors (Lipinski definition) is 0. The first-order valence-corrected chi connectivity index (χ1v) is 7.40. The van der Waals surface area contributed by atoms with Crippen LogP contribution in [0.3, 0.4) is 0 Å². The largest absolute Gasteiger partial charge is 0.417 e. The molecule has 6 atom stereocenters. The van der Waals surface area contributed by atoms with Gasteiger partial charge in [-0.25, -0.2) is 0 Å². The van der Waals surface area contributed by atoms with Gasteiger partial charge in [0.15, 0.2) is 5.60 Å². The summed E-state index contributed by atoms with van der Waals surface area (Å²) in [5.41, 5.74) is -1.97. The van der Waals surface area contributed by atoms with Crippen LogP contribution in [-0.2, 0) is 4.74 Å². The quantitative estimate of drug-likeness (QED) is 0.726. The van der Waals surface area contributed by atoms with Crippen molar-refractivity contribution in [3.05, 3.63) is 0 Å². The second-order valence-electron chi connectivity index (χ2n) is 6.74. The minimum Gasteiger partial charge on any atom is -0.366 e. The van der Waals surface area contributed by atoms with E-state index in [9.17, 15) is 13.2 Å². The summed E-state index contributed by atoms with van der Waals surface area (Å²) in [6.07, 6.45) is -2.08. The fraction of sp³-hybridized carbons (Fsp3) is 1.00. The van der Waals surface area contributed by atoms with Crippen LogP contribution in [0.2, 0.25) is 0 Å². The van der Waals surface area contributed by atoms with Gasteiger partial charge in [-0.1, -0.05) is 13.8 Å². The first-order valence-electron chi connectivity index (χ1n) is 7.40. The van der Waals surface area contributed by atoms with Gasteiger partial charge in [0.2, 0.25) is 0 Å². The predicted octanol–water partition coefficient (Wildman–Crippen LogP) is 4.66. The Hall–Kier alpha value is -0.250. The van der Waals surface area contributed by atoms with Gasteiger partial charge < -0.3 is 4.74 Å². The van der Waals surface area contributed by atoms with Crippen molar-refractivity contribution in [1.82, 2.24) is 0 Å². The van der Waals surface area contributed by atoms with E-state index in [4.69, 9.17) is 4.74 Å². The highest BCUT2D eigenvalue weighted by atomic mass is 19.4. The number of hydrogen-bond acceptors (Lipinski definition) is 1. The van der Waals surface area contributed by atoms with Crippen LogP contribution in [0.4, 0.5) is 13.2 Å². The molecule has 2 aliphatic carbocycles. The number of halogens is 3. The van der Waals surface area contributed by atoms with Crippen LogP contribution in [0.25, 0.3) is 0 Å². The zero-order valence-electron chi connectivity index (χ0n) is 12.3. The Bertz CT molecular complexity index is 326. The summed E-state index contributed by atoms with van der Waals surface area (Å²) < 4.78 is 44.8. The molecule has 0 saturated heterocycles. The number of ether oxygens (including phenoxy) is 1. The molecule has 0 radical (unpaired) electrons. The Kier molecular flexibility index (Phi) is 3.94. The van der Waals surface area contributed by atoms with Crippen LogP contribution in [-0.4, -0.2) is 18.4 Å². The molecule has 112 valence electrons. The fourth-order valence-corrected chi connectivity index (χ4v) is 4.40. The van der Waals surface area contributed by atoms with Crippen molar-refractivity contribution in [2.75, 3.05) is 6.61 Å². The third kappa shape index (κ3) is 2.53. The second-order valence-corrected chi connectivity index (χ2v) is 6.74. The van der Waals surface area contributed by atoms with Crippen molar-refractivity contribution in [2.24, 2.45) is 29.6 Å². The molecule has 0 aliphatic heterocycles. The molecule has 0 aromatic heterocycles. The van der Waals surface area contributed by atoms with E-state index in [2.05, 4.69) is 13.8 Å². The zero-order chi connectivity index (χ0) is 14.4. The normalized spacial score (nSPS) is 41.5. The summed E-state index contributed by atoms with van der Waals surface area (Å²) in [5.74, 6) is 2.49. The third-order valence-corrected chi connectivity index (χ3v) is 5.75. The Morgan fingerprint density at radius 2 is 1.74 bits per heavy atom. The van der Waals surface area contributed by atoms with Crippen LogP contribution in [0.1, 0.15) is 47.0 Å². The maximum atomic E-state index is 13.2. The fourth-order valence-electron chi connectivity index (χ4n) is 4.40. The van der Waals surface area contributed by atoms with Crippen molar-refractivity contribution < 1.29 is 17.9 Å². The molecule has 0 aromatic rings. The smallest absolute Gasteiger partial charge is 0.366 e. The van der Waals surface area contributed by atoms with E-state index in [-0.39, 0.29) is 18.9 Å². The molecule has 2 fully saturated rings. The number of rotatable bonds is 4. The minimum absolute atomic E-state index is 0.114. The number of alkyl halides is 3. The maximum Gasteiger partial charge on any atom is 0.417 e. The SMILES string of the molecule is CCOC(C)(CC1CC2CC1C(C)C2C)C(F)(F)F. The van der Waals surface area contributed by atoms with E-state index in [1.54, 1.807) is 6.92 Å². The summed E-state index contributed by atoms with van der Waals surface area (Å²) >= 11 is 0. The van der Waals surface area contributed by atoms with Gasteiger partial charge in [0.05, 0.1) is 0 Å². The third-order valence-electron chi connectivity index (χ3n) is 5.75. The topological polar surface area (TPSA) is 9.23 Å². The average molecular weight is 278 g/mol. The van der Waals surface area contributed by atoms with Crippen LogP contribution in [0, 0.1) is 29.6 Å². The molecule has 0 amide bonds. The van der Waals surface area contributed by atoms with Crippen molar-refractivity contribution in [2.45, 2.75) is 58.7 Å². The molecule has 19 heavy (non-hydrogen) atoms. The molecule has 6 unspecified atom stereocenters. The standard InChI is InChI=1S/C15H25F3O/c1-5-19-14(4,15(16,17)18)8-12-6-11-7-13(12)10(3)9(11)2/h9-13H,5-8H2,1-4H3. The molecule has 4 heteroatoms. The monoisotopic (exact) mass is 278 g/mol. The van der Waals surface area contributed by atoms with Gasteiger partial charge in [-0.15, -0.1) is 0 Å². The van der Waals surface area contributed by atoms with Crippen molar-refractivity contribution in [3.63, 3.8) is 0 Å². The molecular formula is C15H25F3O. The Morgan fingerprint density at radius 1 is 1.11 bits per heavy atom. The minimum atomic E-state index is -4.28. The molecule has 0 heterocycles. The van der Waals surface area contributed by atoms with E-state index in [0.717, 1.165) is 12.8 Å². The Morgan fingerprint density at radius 3 is 2.16 bits per heavy atom. The van der Waals surface area contributed by atoms with Gasteiger partial charge in [-0.3, -0.25) is 0 Å². The van der Waals surface area contributed by atoms with E-state index in [1.165, 1.54) is 6.92 Å². The highest BCUT2D eigenvalue weighted by Gasteiger charge is 2.57.